The van der Waals surface area contributed by atoms with Crippen LogP contribution in [0.25, 0.3) is 44.8 Å². The fourth-order valence-corrected chi connectivity index (χ4v) is 5.08. The van der Waals surface area contributed by atoms with Crippen molar-refractivity contribution >= 4 is 34.1 Å². The molecule has 0 aliphatic rings. The van der Waals surface area contributed by atoms with Crippen LogP contribution in [0, 0.1) is 0 Å². The molecule has 0 radical (unpaired) electrons. The van der Waals surface area contributed by atoms with E-state index in [4.69, 9.17) is 9.47 Å². The summed E-state index contributed by atoms with van der Waals surface area (Å²) in [5.74, 6) is -0.0860. The Hall–Kier alpha value is -5.66. The Kier molecular flexibility index (Phi) is 11.4. The number of hydrogen-bond donors (Lipinski definition) is 0. The van der Waals surface area contributed by atoms with E-state index in [-0.39, 0.29) is 23.8 Å². The summed E-state index contributed by atoms with van der Waals surface area (Å²) in [4.78, 5) is 58.9. The van der Waals surface area contributed by atoms with Crippen molar-refractivity contribution in [1.82, 2.24) is 49.0 Å². The monoisotopic (exact) mass is 650 g/mol. The number of imidazole rings is 2. The number of nitrogens with zero attached hydrogens (tertiary/aromatic N) is 10. The number of unbranched alkanes of at least 4 members (excludes halogenated alkanes) is 4. The van der Waals surface area contributed by atoms with Crippen molar-refractivity contribution < 1.29 is 19.1 Å². The SMILES string of the molecule is CCCCCC(=O)n1c(OC)nc2ccc(-c3cncnc3)nc21.CCCCCC(=O)n1c(OC)nc2nc(-c3cncnc3)ccc21. The Labute approximate surface area is 277 Å². The molecule has 48 heavy (non-hydrogen) atoms. The highest BCUT2D eigenvalue weighted by Gasteiger charge is 2.20. The highest BCUT2D eigenvalue weighted by molar-refractivity contribution is 5.92. The van der Waals surface area contributed by atoms with Gasteiger partial charge in [-0.15, -0.1) is 0 Å². The van der Waals surface area contributed by atoms with Crippen molar-refractivity contribution in [3.63, 3.8) is 0 Å². The average Bonchev–Trinajstić information content (AvgIpc) is 3.70. The van der Waals surface area contributed by atoms with Gasteiger partial charge in [-0.25, -0.2) is 39.0 Å². The second kappa shape index (κ2) is 16.3. The molecule has 14 nitrogen and oxygen atoms in total. The molecule has 0 saturated carbocycles. The van der Waals surface area contributed by atoms with Crippen LogP contribution in [0.1, 0.15) is 74.8 Å². The van der Waals surface area contributed by atoms with E-state index < -0.39 is 0 Å². The zero-order valence-electron chi connectivity index (χ0n) is 27.5. The minimum Gasteiger partial charge on any atom is -0.468 e. The Morgan fingerprint density at radius 1 is 0.625 bits per heavy atom. The smallest absolute Gasteiger partial charge is 0.305 e. The molecule has 0 amide bonds. The number of ether oxygens (including phenoxy) is 2. The Morgan fingerprint density at radius 3 is 1.71 bits per heavy atom. The summed E-state index contributed by atoms with van der Waals surface area (Å²) in [6.07, 6.45) is 16.4. The van der Waals surface area contributed by atoms with Gasteiger partial charge < -0.3 is 9.47 Å². The highest BCUT2D eigenvalue weighted by atomic mass is 16.5. The molecule has 0 bridgehead atoms. The number of fused-ring (bicyclic) bond motifs is 2. The zero-order chi connectivity index (χ0) is 33.9. The lowest BCUT2D eigenvalue weighted by atomic mass is 10.2. The number of aromatic nitrogens is 10. The van der Waals surface area contributed by atoms with Crippen LogP contribution in [-0.4, -0.2) is 75.0 Å². The van der Waals surface area contributed by atoms with E-state index in [2.05, 4.69) is 53.7 Å². The highest BCUT2D eigenvalue weighted by Crippen LogP contribution is 2.26. The molecule has 0 aromatic carbocycles. The lowest BCUT2D eigenvalue weighted by molar-refractivity contribution is 0.0884. The first-order valence-electron chi connectivity index (χ1n) is 15.9. The van der Waals surface area contributed by atoms with Gasteiger partial charge in [0.15, 0.2) is 11.3 Å². The largest absolute Gasteiger partial charge is 0.468 e. The molecule has 0 atom stereocenters. The lowest BCUT2D eigenvalue weighted by Crippen LogP contribution is -2.12. The number of carbonyl (C=O) groups is 2. The van der Waals surface area contributed by atoms with Gasteiger partial charge in [-0.1, -0.05) is 39.5 Å². The van der Waals surface area contributed by atoms with Gasteiger partial charge in [0.25, 0.3) is 0 Å². The molecule has 248 valence electrons. The molecule has 0 aliphatic heterocycles. The molecular weight excluding hydrogens is 612 g/mol. The summed E-state index contributed by atoms with van der Waals surface area (Å²) < 4.78 is 13.5. The van der Waals surface area contributed by atoms with E-state index in [0.29, 0.717) is 46.6 Å². The van der Waals surface area contributed by atoms with Crippen molar-refractivity contribution in [2.45, 2.75) is 65.2 Å². The van der Waals surface area contributed by atoms with Gasteiger partial charge in [-0.3, -0.25) is 9.59 Å². The first-order chi connectivity index (χ1) is 23.5. The molecular formula is C34H38N10O4. The second-order valence-corrected chi connectivity index (χ2v) is 10.9. The maximum Gasteiger partial charge on any atom is 0.305 e. The Balaban J connectivity index is 0.000000188. The molecule has 6 heterocycles. The first-order valence-corrected chi connectivity index (χ1v) is 15.9. The van der Waals surface area contributed by atoms with Crippen LogP contribution in [0.3, 0.4) is 0 Å². The zero-order valence-corrected chi connectivity index (χ0v) is 27.5. The van der Waals surface area contributed by atoms with Crippen LogP contribution in [0.4, 0.5) is 0 Å². The Morgan fingerprint density at radius 2 is 1.15 bits per heavy atom. The molecule has 0 spiro atoms. The fraction of sp³-hybridized carbons (Fsp3) is 0.353. The van der Waals surface area contributed by atoms with Crippen LogP contribution < -0.4 is 9.47 Å². The van der Waals surface area contributed by atoms with Gasteiger partial charge in [-0.05, 0) is 37.1 Å². The fourth-order valence-electron chi connectivity index (χ4n) is 5.08. The maximum atomic E-state index is 12.6. The molecule has 0 fully saturated rings. The normalized spacial score (nSPS) is 10.9. The molecule has 14 heteroatoms. The molecule has 0 N–H and O–H groups in total. The molecule has 6 aromatic rings. The van der Waals surface area contributed by atoms with Gasteiger partial charge in [0.2, 0.25) is 11.8 Å². The predicted molar refractivity (Wildman–Crippen MR) is 180 cm³/mol. The van der Waals surface area contributed by atoms with E-state index in [1.54, 1.807) is 24.8 Å². The third-order valence-electron chi connectivity index (χ3n) is 7.53. The summed E-state index contributed by atoms with van der Waals surface area (Å²) in [5.41, 5.74) is 5.20. The van der Waals surface area contributed by atoms with E-state index in [9.17, 15) is 9.59 Å². The first kappa shape index (κ1) is 33.7. The van der Waals surface area contributed by atoms with Crippen molar-refractivity contribution in [2.24, 2.45) is 0 Å². The minimum absolute atomic E-state index is 0.0274. The van der Waals surface area contributed by atoms with Crippen LogP contribution in [0.5, 0.6) is 12.0 Å². The van der Waals surface area contributed by atoms with Crippen LogP contribution >= 0.6 is 0 Å². The summed E-state index contributed by atoms with van der Waals surface area (Å²) in [7, 11) is 3.01. The topological polar surface area (TPSA) is 166 Å². The van der Waals surface area contributed by atoms with E-state index in [1.807, 2.05) is 24.3 Å². The van der Waals surface area contributed by atoms with Crippen molar-refractivity contribution in [2.75, 3.05) is 14.2 Å². The Bertz CT molecular complexity index is 1970. The molecule has 6 rings (SSSR count). The van der Waals surface area contributed by atoms with Gasteiger partial charge in [0.1, 0.15) is 18.2 Å². The number of carbonyl (C=O) groups excluding carboxylic acids is 2. The molecule has 0 saturated heterocycles. The summed E-state index contributed by atoms with van der Waals surface area (Å²) in [6, 6.07) is 7.85. The number of pyridine rings is 2. The molecule has 6 aromatic heterocycles. The number of rotatable bonds is 12. The van der Waals surface area contributed by atoms with Crippen molar-refractivity contribution in [1.29, 1.82) is 0 Å². The standard InChI is InChI=1S/2C17H19N5O2/c1-3-4-5-6-15(23)22-14-8-7-13(12-9-18-11-19-10-12)20-16(14)21-17(22)24-2;1-3-4-5-6-15(23)22-16-14(21-17(22)24-2)8-7-13(20-16)12-9-18-11-19-10-12/h2*7-11H,3-6H2,1-2H3. The van der Waals surface area contributed by atoms with E-state index >= 15 is 0 Å². The quantitative estimate of drug-likeness (QED) is 0.137. The second-order valence-electron chi connectivity index (χ2n) is 10.9. The minimum atomic E-state index is -0.0586. The predicted octanol–water partition coefficient (Wildman–Crippen LogP) is 6.23. The number of hydrogen-bond acceptors (Lipinski definition) is 12. The van der Waals surface area contributed by atoms with Gasteiger partial charge in [0.05, 0.1) is 31.1 Å². The lowest BCUT2D eigenvalue weighted by Gasteiger charge is -2.06. The van der Waals surface area contributed by atoms with Crippen LogP contribution in [-0.2, 0) is 0 Å². The average molecular weight is 651 g/mol. The third kappa shape index (κ3) is 7.65. The van der Waals surface area contributed by atoms with E-state index in [1.165, 1.54) is 36.0 Å². The summed E-state index contributed by atoms with van der Waals surface area (Å²) in [5, 5.41) is 0. The van der Waals surface area contributed by atoms with Gasteiger partial charge >= 0.3 is 12.0 Å². The molecule has 0 aliphatic carbocycles. The van der Waals surface area contributed by atoms with Crippen molar-refractivity contribution in [3.8, 4) is 34.5 Å². The van der Waals surface area contributed by atoms with Crippen molar-refractivity contribution in [3.05, 3.63) is 61.7 Å². The van der Waals surface area contributed by atoms with Gasteiger partial charge in [-0.2, -0.15) is 9.97 Å². The third-order valence-corrected chi connectivity index (χ3v) is 7.53. The maximum absolute atomic E-state index is 12.6. The van der Waals surface area contributed by atoms with Gasteiger partial charge in [0, 0.05) is 48.8 Å². The van der Waals surface area contributed by atoms with Crippen LogP contribution in [0.15, 0.2) is 61.7 Å². The summed E-state index contributed by atoms with van der Waals surface area (Å²) in [6.45, 7) is 4.21. The number of methoxy groups -OCH3 is 2. The summed E-state index contributed by atoms with van der Waals surface area (Å²) >= 11 is 0. The van der Waals surface area contributed by atoms with E-state index in [0.717, 1.165) is 49.7 Å². The molecule has 0 unspecified atom stereocenters. The van der Waals surface area contributed by atoms with Crippen LogP contribution in [0.2, 0.25) is 0 Å².